The lowest BCUT2D eigenvalue weighted by Crippen LogP contribution is -2.37. The van der Waals surface area contributed by atoms with Gasteiger partial charge in [0.2, 0.25) is 0 Å². The van der Waals surface area contributed by atoms with Crippen LogP contribution >= 0.6 is 7.26 Å². The number of hydrogen-bond donors (Lipinski definition) is 0. The van der Waals surface area contributed by atoms with E-state index >= 15 is 0 Å². The van der Waals surface area contributed by atoms with Gasteiger partial charge in [0.1, 0.15) is 0 Å². The van der Waals surface area contributed by atoms with Crippen LogP contribution in [0.15, 0.2) is 0 Å². The van der Waals surface area contributed by atoms with Crippen molar-refractivity contribution in [2.75, 3.05) is 0 Å². The van der Waals surface area contributed by atoms with Crippen LogP contribution < -0.4 is 0 Å². The predicted octanol–water partition coefficient (Wildman–Crippen LogP) is 6.49. The van der Waals surface area contributed by atoms with Crippen LogP contribution in [0.4, 0.5) is 0 Å². The minimum absolute atomic E-state index is 0.791. The molecule has 0 radical (unpaired) electrons. The highest BCUT2D eigenvalue weighted by Gasteiger charge is 2.56. The molecule has 0 atom stereocenters. The van der Waals surface area contributed by atoms with Gasteiger partial charge >= 0.3 is 0 Å². The van der Waals surface area contributed by atoms with E-state index in [1.165, 1.54) is 38.5 Å². The predicted molar refractivity (Wildman–Crippen MR) is 90.9 cm³/mol. The molecular weight excluding hydrogens is 247 g/mol. The standard InChI is InChI=1S/C18H36P/c1-15(2)19(16(3)4,17-11-7-5-8-12-17)18-13-9-6-10-14-18/h15-18H,5-14H2,1-4H3/q+1. The van der Waals surface area contributed by atoms with Crippen LogP contribution in [0.25, 0.3) is 0 Å². The van der Waals surface area contributed by atoms with Gasteiger partial charge < -0.3 is 0 Å². The summed E-state index contributed by atoms with van der Waals surface area (Å²) in [6, 6.07) is 0. The first kappa shape index (κ1) is 15.8. The van der Waals surface area contributed by atoms with Gasteiger partial charge in [-0.3, -0.25) is 0 Å². The van der Waals surface area contributed by atoms with E-state index in [1.54, 1.807) is 25.7 Å². The Balaban J connectivity index is 2.28. The van der Waals surface area contributed by atoms with Gasteiger partial charge in [0.25, 0.3) is 0 Å². The molecule has 0 spiro atoms. The van der Waals surface area contributed by atoms with Crippen molar-refractivity contribution < 1.29 is 0 Å². The highest BCUT2D eigenvalue weighted by molar-refractivity contribution is 7.78. The summed E-state index contributed by atoms with van der Waals surface area (Å²) in [6.45, 7) is 10.3. The van der Waals surface area contributed by atoms with Crippen molar-refractivity contribution in [1.82, 2.24) is 0 Å². The number of hydrogen-bond acceptors (Lipinski definition) is 0. The monoisotopic (exact) mass is 283 g/mol. The second-order valence-corrected chi connectivity index (χ2v) is 13.0. The third-order valence-corrected chi connectivity index (χ3v) is 13.3. The molecule has 0 N–H and O–H groups in total. The van der Waals surface area contributed by atoms with Crippen molar-refractivity contribution in [3.05, 3.63) is 0 Å². The first-order valence-electron chi connectivity index (χ1n) is 8.98. The van der Waals surface area contributed by atoms with E-state index in [0.717, 1.165) is 22.6 Å². The van der Waals surface area contributed by atoms with Gasteiger partial charge in [0, 0.05) is 7.26 Å². The van der Waals surface area contributed by atoms with E-state index in [2.05, 4.69) is 27.7 Å². The SMILES string of the molecule is CC(C)[P+](C(C)C)(C1CCCCC1)C1CCCCC1. The second-order valence-electron chi connectivity index (χ2n) is 7.67. The second kappa shape index (κ2) is 6.93. The summed E-state index contributed by atoms with van der Waals surface area (Å²) < 4.78 is 0. The maximum atomic E-state index is 2.58. The summed E-state index contributed by atoms with van der Waals surface area (Å²) >= 11 is 0. The Hall–Kier alpha value is 0.430. The third-order valence-electron chi connectivity index (χ3n) is 6.20. The van der Waals surface area contributed by atoms with Gasteiger partial charge in [0.15, 0.2) is 0 Å². The largest absolute Gasteiger partial charge is 0.0705 e. The van der Waals surface area contributed by atoms with Crippen LogP contribution in [0.1, 0.15) is 91.9 Å². The molecule has 0 aliphatic heterocycles. The Labute approximate surface area is 122 Å². The molecular formula is C18H36P+. The summed E-state index contributed by atoms with van der Waals surface area (Å²) in [7, 11) is -0.791. The van der Waals surface area contributed by atoms with Crippen LogP contribution in [0.3, 0.4) is 0 Å². The molecule has 2 saturated carbocycles. The first-order chi connectivity index (χ1) is 9.10. The molecule has 19 heavy (non-hydrogen) atoms. The fourth-order valence-electron chi connectivity index (χ4n) is 5.64. The highest BCUT2D eigenvalue weighted by Crippen LogP contribution is 2.77. The first-order valence-corrected chi connectivity index (χ1v) is 11.0. The lowest BCUT2D eigenvalue weighted by Gasteiger charge is -2.48. The summed E-state index contributed by atoms with van der Waals surface area (Å²) in [6.07, 6.45) is 15.4. The van der Waals surface area contributed by atoms with Crippen molar-refractivity contribution in [3.8, 4) is 0 Å². The topological polar surface area (TPSA) is 0 Å². The fraction of sp³-hybridized carbons (Fsp3) is 1.00. The van der Waals surface area contributed by atoms with Crippen molar-refractivity contribution in [3.63, 3.8) is 0 Å². The van der Waals surface area contributed by atoms with Crippen LogP contribution in [-0.4, -0.2) is 22.6 Å². The zero-order chi connectivity index (χ0) is 13.9. The average Bonchev–Trinajstić information content (AvgIpc) is 2.41. The Morgan fingerprint density at radius 2 is 0.895 bits per heavy atom. The molecule has 0 aromatic heterocycles. The fourth-order valence-corrected chi connectivity index (χ4v) is 13.3. The van der Waals surface area contributed by atoms with Crippen LogP contribution in [0.2, 0.25) is 0 Å². The average molecular weight is 283 g/mol. The zero-order valence-corrected chi connectivity index (χ0v) is 14.7. The Bertz CT molecular complexity index is 229. The summed E-state index contributed by atoms with van der Waals surface area (Å²) in [5, 5.41) is 0. The summed E-state index contributed by atoms with van der Waals surface area (Å²) in [4.78, 5) is 0. The minimum atomic E-state index is -0.791. The van der Waals surface area contributed by atoms with E-state index in [-0.39, 0.29) is 0 Å². The normalized spacial score (nSPS) is 24.3. The van der Waals surface area contributed by atoms with Gasteiger partial charge in [-0.05, 0) is 79.1 Å². The van der Waals surface area contributed by atoms with Crippen LogP contribution in [0.5, 0.6) is 0 Å². The molecule has 0 saturated heterocycles. The minimum Gasteiger partial charge on any atom is -0.0530 e. The Morgan fingerprint density at radius 3 is 1.16 bits per heavy atom. The van der Waals surface area contributed by atoms with E-state index in [4.69, 9.17) is 0 Å². The molecule has 2 rings (SSSR count). The molecule has 0 aromatic carbocycles. The van der Waals surface area contributed by atoms with Gasteiger partial charge in [-0.2, -0.15) is 0 Å². The maximum absolute atomic E-state index is 2.58. The van der Waals surface area contributed by atoms with E-state index in [0.29, 0.717) is 0 Å². The molecule has 0 nitrogen and oxygen atoms in total. The summed E-state index contributed by atoms with van der Waals surface area (Å²) in [5.41, 5.74) is 4.20. The molecule has 0 unspecified atom stereocenters. The van der Waals surface area contributed by atoms with Crippen LogP contribution in [0, 0.1) is 0 Å². The van der Waals surface area contributed by atoms with Gasteiger partial charge in [-0.15, -0.1) is 0 Å². The van der Waals surface area contributed by atoms with Crippen molar-refractivity contribution >= 4 is 7.26 Å². The highest BCUT2D eigenvalue weighted by atomic mass is 31.2. The molecule has 0 bridgehead atoms. The lowest BCUT2D eigenvalue weighted by molar-refractivity contribution is 0.471. The van der Waals surface area contributed by atoms with Crippen LogP contribution in [-0.2, 0) is 0 Å². The van der Waals surface area contributed by atoms with Gasteiger partial charge in [-0.25, -0.2) is 0 Å². The quantitative estimate of drug-likeness (QED) is 0.517. The Morgan fingerprint density at radius 1 is 0.579 bits per heavy atom. The molecule has 2 aliphatic carbocycles. The Kier molecular flexibility index (Phi) is 5.77. The zero-order valence-electron chi connectivity index (χ0n) is 13.8. The lowest BCUT2D eigenvalue weighted by atomic mass is 9.99. The van der Waals surface area contributed by atoms with E-state index < -0.39 is 7.26 Å². The molecule has 2 aliphatic rings. The molecule has 0 amide bonds. The summed E-state index contributed by atoms with van der Waals surface area (Å²) in [5.74, 6) is 0. The molecule has 112 valence electrons. The van der Waals surface area contributed by atoms with Crippen molar-refractivity contribution in [2.45, 2.75) is 115 Å². The third kappa shape index (κ3) is 3.04. The van der Waals surface area contributed by atoms with Gasteiger partial charge in [-0.1, -0.05) is 12.8 Å². The molecule has 0 aromatic rings. The van der Waals surface area contributed by atoms with E-state index in [1.807, 2.05) is 0 Å². The van der Waals surface area contributed by atoms with Gasteiger partial charge in [0.05, 0.1) is 22.6 Å². The molecule has 0 heterocycles. The maximum Gasteiger partial charge on any atom is 0.0705 e. The smallest absolute Gasteiger partial charge is 0.0530 e. The van der Waals surface area contributed by atoms with Crippen molar-refractivity contribution in [2.24, 2.45) is 0 Å². The molecule has 1 heteroatoms. The molecule has 2 fully saturated rings. The van der Waals surface area contributed by atoms with E-state index in [9.17, 15) is 0 Å². The number of rotatable bonds is 4. The van der Waals surface area contributed by atoms with Crippen molar-refractivity contribution in [1.29, 1.82) is 0 Å².